The number of alkyl halides is 3. The van der Waals surface area contributed by atoms with Crippen LogP contribution in [0.1, 0.15) is 14.9 Å². The summed E-state index contributed by atoms with van der Waals surface area (Å²) in [7, 11) is 0. The second kappa shape index (κ2) is 6.15. The first-order valence-corrected chi connectivity index (χ1v) is 8.82. The smallest absolute Gasteiger partial charge is 0.0876 e. The lowest BCUT2D eigenvalue weighted by atomic mass is 10.1. The Hall–Kier alpha value is 2.10. The Labute approximate surface area is 133 Å². The maximum atomic E-state index is 3.56. The highest BCUT2D eigenvalue weighted by atomic mass is 79.9. The van der Waals surface area contributed by atoms with Gasteiger partial charge in [-0.1, -0.05) is 47.8 Å². The molecule has 0 fully saturated rings. The minimum absolute atomic E-state index is 0.156. The molecule has 0 N–H and O–H groups in total. The highest BCUT2D eigenvalue weighted by Gasteiger charge is 2.16. The molecular weight excluding hydrogens is 576 g/mol. The fourth-order valence-electron chi connectivity index (χ4n) is 0.982. The first kappa shape index (κ1) is 14.2. The van der Waals surface area contributed by atoms with Crippen LogP contribution in [0, 0.1) is 0 Å². The number of benzene rings is 1. The van der Waals surface area contributed by atoms with Crippen LogP contribution in [-0.2, 0) is 5.33 Å². The van der Waals surface area contributed by atoms with Gasteiger partial charge in [0.25, 0.3) is 0 Å². The van der Waals surface area contributed by atoms with E-state index >= 15 is 0 Å². The van der Waals surface area contributed by atoms with Gasteiger partial charge in [-0.3, -0.25) is 0 Å². The molecule has 0 saturated carbocycles. The van der Waals surface area contributed by atoms with Crippen LogP contribution in [0.25, 0.3) is 0 Å². The largest absolute Gasteiger partial charge is 0.0950 e. The van der Waals surface area contributed by atoms with E-state index in [1.54, 1.807) is 0 Å². The third kappa shape index (κ3) is 3.06. The van der Waals surface area contributed by atoms with Crippen LogP contribution in [0.2, 0.25) is 0 Å². The van der Waals surface area contributed by atoms with Crippen LogP contribution in [0.15, 0.2) is 19.5 Å². The standard InChI is InChI=1S/C8H4Br6/c9-2-4-3(8(13)14)1-5(10)7(12)6(4)11/h1,8H,2H2. The lowest BCUT2D eigenvalue weighted by Crippen LogP contribution is -1.93. The van der Waals surface area contributed by atoms with Crippen molar-refractivity contribution < 1.29 is 0 Å². The third-order valence-electron chi connectivity index (χ3n) is 1.67. The number of rotatable bonds is 2. The molecule has 6 heteroatoms. The normalized spacial score (nSPS) is 11.1. The summed E-state index contributed by atoms with van der Waals surface area (Å²) in [4.78, 5) is 0. The van der Waals surface area contributed by atoms with Gasteiger partial charge in [-0.25, -0.2) is 0 Å². The summed E-state index contributed by atoms with van der Waals surface area (Å²) in [5.41, 5.74) is 2.42. The zero-order valence-corrected chi connectivity index (χ0v) is 16.1. The van der Waals surface area contributed by atoms with Gasteiger partial charge in [0.15, 0.2) is 0 Å². The Morgan fingerprint density at radius 2 is 1.64 bits per heavy atom. The second-order valence-electron chi connectivity index (χ2n) is 2.49. The molecule has 0 spiro atoms. The quantitative estimate of drug-likeness (QED) is 0.272. The zero-order valence-electron chi connectivity index (χ0n) is 6.63. The summed E-state index contributed by atoms with van der Waals surface area (Å²) in [5, 5.41) is 0.808. The predicted octanol–water partition coefficient (Wildman–Crippen LogP) is 6.66. The van der Waals surface area contributed by atoms with Gasteiger partial charge in [-0.2, -0.15) is 0 Å². The third-order valence-corrected chi connectivity index (χ3v) is 6.60. The Morgan fingerprint density at radius 3 is 2.07 bits per heavy atom. The Bertz CT molecular complexity index is 346. The summed E-state index contributed by atoms with van der Waals surface area (Å²) in [6, 6.07) is 2.08. The average Bonchev–Trinajstić information content (AvgIpc) is 2.13. The Morgan fingerprint density at radius 1 is 1.07 bits per heavy atom. The molecule has 0 bridgehead atoms. The van der Waals surface area contributed by atoms with Crippen molar-refractivity contribution in [2.24, 2.45) is 0 Å². The summed E-state index contributed by atoms with van der Waals surface area (Å²) < 4.78 is 3.30. The molecule has 0 radical (unpaired) electrons. The first-order valence-electron chi connectivity index (χ1n) is 3.49. The lowest BCUT2D eigenvalue weighted by molar-refractivity contribution is 1.25. The number of hydrogen-bond donors (Lipinski definition) is 0. The van der Waals surface area contributed by atoms with Gasteiger partial charge in [0.05, 0.1) is 3.74 Å². The number of hydrogen-bond acceptors (Lipinski definition) is 0. The maximum Gasteiger partial charge on any atom is 0.0950 e. The molecule has 14 heavy (non-hydrogen) atoms. The monoisotopic (exact) mass is 574 g/mol. The minimum atomic E-state index is 0.156. The van der Waals surface area contributed by atoms with E-state index in [0.717, 1.165) is 18.7 Å². The van der Waals surface area contributed by atoms with Crippen molar-refractivity contribution in [3.8, 4) is 0 Å². The highest BCUT2D eigenvalue weighted by molar-refractivity contribution is 9.24. The zero-order chi connectivity index (χ0) is 10.9. The van der Waals surface area contributed by atoms with E-state index < -0.39 is 0 Å². The summed E-state index contributed by atoms with van der Waals surface area (Å²) in [6.45, 7) is 0. The van der Waals surface area contributed by atoms with Crippen LogP contribution >= 0.6 is 95.6 Å². The molecule has 0 atom stereocenters. The molecular formula is C8H4Br6. The topological polar surface area (TPSA) is 0 Å². The van der Waals surface area contributed by atoms with Crippen LogP contribution in [0.3, 0.4) is 0 Å². The van der Waals surface area contributed by atoms with Crippen molar-refractivity contribution in [3.63, 3.8) is 0 Å². The van der Waals surface area contributed by atoms with E-state index in [1.807, 2.05) is 0 Å². The molecule has 1 rings (SSSR count). The van der Waals surface area contributed by atoms with Crippen molar-refractivity contribution in [3.05, 3.63) is 30.6 Å². The van der Waals surface area contributed by atoms with Crippen LogP contribution in [0.5, 0.6) is 0 Å². The Balaban J connectivity index is 3.43. The van der Waals surface area contributed by atoms with E-state index in [-0.39, 0.29) is 3.74 Å². The van der Waals surface area contributed by atoms with Gasteiger partial charge in [0, 0.05) is 18.7 Å². The van der Waals surface area contributed by atoms with Crippen LogP contribution in [0.4, 0.5) is 0 Å². The van der Waals surface area contributed by atoms with E-state index in [0.29, 0.717) is 0 Å². The molecule has 0 aliphatic rings. The van der Waals surface area contributed by atoms with Gasteiger partial charge in [0.1, 0.15) is 0 Å². The SMILES string of the molecule is BrCc1c(C(Br)Br)cc(Br)c(Br)c1Br. The van der Waals surface area contributed by atoms with Crippen molar-refractivity contribution in [1.29, 1.82) is 0 Å². The van der Waals surface area contributed by atoms with Crippen molar-refractivity contribution in [2.75, 3.05) is 0 Å². The van der Waals surface area contributed by atoms with Crippen LogP contribution in [-0.4, -0.2) is 0 Å². The molecule has 0 aliphatic carbocycles. The van der Waals surface area contributed by atoms with Gasteiger partial charge < -0.3 is 0 Å². The molecule has 0 unspecified atom stereocenters. The lowest BCUT2D eigenvalue weighted by Gasteiger charge is -2.13. The fraction of sp³-hybridized carbons (Fsp3) is 0.250. The van der Waals surface area contributed by atoms with E-state index in [4.69, 9.17) is 0 Å². The van der Waals surface area contributed by atoms with E-state index in [1.165, 1.54) is 11.1 Å². The van der Waals surface area contributed by atoms with Gasteiger partial charge >= 0.3 is 0 Å². The Kier molecular flexibility index (Phi) is 6.22. The van der Waals surface area contributed by atoms with Gasteiger partial charge in [-0.05, 0) is 65.0 Å². The number of halogens is 6. The summed E-state index contributed by atoms with van der Waals surface area (Å²) >= 11 is 21.1. The molecule has 0 aromatic heterocycles. The predicted molar refractivity (Wildman–Crippen MR) is 82.8 cm³/mol. The molecule has 0 aliphatic heterocycles. The molecule has 1 aromatic carbocycles. The van der Waals surface area contributed by atoms with E-state index in [2.05, 4.69) is 102 Å². The maximum absolute atomic E-state index is 3.56. The van der Waals surface area contributed by atoms with E-state index in [9.17, 15) is 0 Å². The molecule has 1 aromatic rings. The molecule has 78 valence electrons. The second-order valence-corrected chi connectivity index (χ2v) is 8.55. The molecule has 0 saturated heterocycles. The van der Waals surface area contributed by atoms with Crippen LogP contribution < -0.4 is 0 Å². The van der Waals surface area contributed by atoms with Crippen molar-refractivity contribution in [1.82, 2.24) is 0 Å². The van der Waals surface area contributed by atoms with Crippen molar-refractivity contribution in [2.45, 2.75) is 9.07 Å². The van der Waals surface area contributed by atoms with Gasteiger partial charge in [0.2, 0.25) is 0 Å². The molecule has 0 nitrogen and oxygen atoms in total. The fourth-order valence-corrected chi connectivity index (χ4v) is 4.43. The molecule has 0 amide bonds. The summed E-state index contributed by atoms with van der Waals surface area (Å²) in [5.74, 6) is 0. The van der Waals surface area contributed by atoms with Gasteiger partial charge in [-0.15, -0.1) is 0 Å². The van der Waals surface area contributed by atoms with Crippen molar-refractivity contribution >= 4 is 95.6 Å². The molecule has 0 heterocycles. The minimum Gasteiger partial charge on any atom is -0.0876 e. The highest BCUT2D eigenvalue weighted by Crippen LogP contribution is 2.42. The summed E-state index contributed by atoms with van der Waals surface area (Å²) in [6.07, 6.45) is 0. The average molecular weight is 580 g/mol. The first-order chi connectivity index (χ1) is 6.49.